The van der Waals surface area contributed by atoms with E-state index in [-0.39, 0.29) is 0 Å². The Hall–Kier alpha value is -0.830. The van der Waals surface area contributed by atoms with Gasteiger partial charge < -0.3 is 10.0 Å². The Kier molecular flexibility index (Phi) is 5.24. The van der Waals surface area contributed by atoms with Gasteiger partial charge in [0, 0.05) is 11.6 Å². The highest BCUT2D eigenvalue weighted by Crippen LogP contribution is 2.12. The van der Waals surface area contributed by atoms with Crippen molar-refractivity contribution < 1.29 is 5.11 Å². The van der Waals surface area contributed by atoms with E-state index in [2.05, 4.69) is 4.90 Å². The van der Waals surface area contributed by atoms with Gasteiger partial charge in [-0.1, -0.05) is 42.3 Å². The summed E-state index contributed by atoms with van der Waals surface area (Å²) in [5.41, 5.74) is 1.07. The van der Waals surface area contributed by atoms with Gasteiger partial charge in [0.25, 0.3) is 0 Å². The standard InChI is InChI=1S/C15H20ClNO/c16-14-7-4-13(5-8-14)6-9-15(18)12-17-10-2-1-3-11-17/h4-9,15,18H,1-3,10-12H2/b9-6+. The fourth-order valence-electron chi connectivity index (χ4n) is 2.26. The molecule has 2 nitrogen and oxygen atoms in total. The summed E-state index contributed by atoms with van der Waals surface area (Å²) in [6.45, 7) is 2.97. The fraction of sp³-hybridized carbons (Fsp3) is 0.467. The first-order chi connectivity index (χ1) is 8.74. The number of halogens is 1. The molecule has 0 aromatic heterocycles. The third kappa shape index (κ3) is 4.45. The van der Waals surface area contributed by atoms with E-state index in [0.717, 1.165) is 30.2 Å². The normalized spacial score (nSPS) is 19.2. The van der Waals surface area contributed by atoms with Gasteiger partial charge >= 0.3 is 0 Å². The molecule has 0 radical (unpaired) electrons. The van der Waals surface area contributed by atoms with Gasteiger partial charge in [-0.05, 0) is 43.6 Å². The van der Waals surface area contributed by atoms with Crippen molar-refractivity contribution in [1.82, 2.24) is 4.90 Å². The average Bonchev–Trinajstić information content (AvgIpc) is 2.39. The molecule has 3 heteroatoms. The summed E-state index contributed by atoms with van der Waals surface area (Å²) in [6, 6.07) is 7.62. The number of piperidine rings is 1. The van der Waals surface area contributed by atoms with Crippen molar-refractivity contribution in [2.75, 3.05) is 19.6 Å². The molecule has 1 unspecified atom stereocenters. The molecule has 18 heavy (non-hydrogen) atoms. The van der Waals surface area contributed by atoms with Crippen molar-refractivity contribution in [2.24, 2.45) is 0 Å². The zero-order valence-electron chi connectivity index (χ0n) is 10.6. The molecule has 1 atom stereocenters. The molecule has 0 aliphatic carbocycles. The maximum absolute atomic E-state index is 9.96. The van der Waals surface area contributed by atoms with Crippen LogP contribution < -0.4 is 0 Å². The molecule has 1 aromatic carbocycles. The molecule has 0 bridgehead atoms. The summed E-state index contributed by atoms with van der Waals surface area (Å²) in [4.78, 5) is 2.33. The topological polar surface area (TPSA) is 23.5 Å². The predicted octanol–water partition coefficient (Wildman–Crippen LogP) is 3.20. The highest BCUT2D eigenvalue weighted by atomic mass is 35.5. The fourth-order valence-corrected chi connectivity index (χ4v) is 2.39. The predicted molar refractivity (Wildman–Crippen MR) is 76.8 cm³/mol. The first-order valence-corrected chi connectivity index (χ1v) is 6.96. The second-order valence-electron chi connectivity index (χ2n) is 4.84. The van der Waals surface area contributed by atoms with Gasteiger partial charge in [-0.3, -0.25) is 0 Å². The lowest BCUT2D eigenvalue weighted by Crippen LogP contribution is -2.35. The summed E-state index contributed by atoms with van der Waals surface area (Å²) < 4.78 is 0. The second kappa shape index (κ2) is 6.93. The van der Waals surface area contributed by atoms with Crippen LogP contribution in [0.4, 0.5) is 0 Å². The van der Waals surface area contributed by atoms with Crippen LogP contribution in [0.25, 0.3) is 6.08 Å². The number of hydrogen-bond acceptors (Lipinski definition) is 2. The molecule has 1 N–H and O–H groups in total. The highest BCUT2D eigenvalue weighted by Gasteiger charge is 2.12. The second-order valence-corrected chi connectivity index (χ2v) is 5.28. The Bertz CT molecular complexity index is 382. The maximum Gasteiger partial charge on any atom is 0.0851 e. The third-order valence-electron chi connectivity index (χ3n) is 3.27. The number of aliphatic hydroxyl groups excluding tert-OH is 1. The van der Waals surface area contributed by atoms with Crippen molar-refractivity contribution in [3.05, 3.63) is 40.9 Å². The Balaban J connectivity index is 1.82. The summed E-state index contributed by atoms with van der Waals surface area (Å²) >= 11 is 5.82. The molecule has 0 spiro atoms. The summed E-state index contributed by atoms with van der Waals surface area (Å²) in [6.07, 6.45) is 7.26. The van der Waals surface area contributed by atoms with Crippen LogP contribution in [0.1, 0.15) is 24.8 Å². The molecule has 0 saturated carbocycles. The third-order valence-corrected chi connectivity index (χ3v) is 3.53. The zero-order chi connectivity index (χ0) is 12.8. The number of hydrogen-bond donors (Lipinski definition) is 1. The molecule has 98 valence electrons. The molecule has 0 amide bonds. The average molecular weight is 266 g/mol. The van der Waals surface area contributed by atoms with Gasteiger partial charge in [-0.15, -0.1) is 0 Å². The number of β-amino-alcohol motifs (C(OH)–C–C–N with tert-alkyl or cyclic N) is 1. The smallest absolute Gasteiger partial charge is 0.0851 e. The minimum absolute atomic E-state index is 0.390. The lowest BCUT2D eigenvalue weighted by molar-refractivity contribution is 0.132. The van der Waals surface area contributed by atoms with Gasteiger partial charge in [0.1, 0.15) is 0 Å². The first kappa shape index (κ1) is 13.6. The molecule has 1 fully saturated rings. The van der Waals surface area contributed by atoms with E-state index in [1.165, 1.54) is 19.3 Å². The van der Waals surface area contributed by atoms with Crippen molar-refractivity contribution in [2.45, 2.75) is 25.4 Å². The number of benzene rings is 1. The summed E-state index contributed by atoms with van der Waals surface area (Å²) in [7, 11) is 0. The molecular formula is C15H20ClNO. The largest absolute Gasteiger partial charge is 0.388 e. The van der Waals surface area contributed by atoms with E-state index in [9.17, 15) is 5.11 Å². The van der Waals surface area contributed by atoms with Crippen LogP contribution in [-0.2, 0) is 0 Å². The minimum Gasteiger partial charge on any atom is -0.388 e. The molecule has 1 saturated heterocycles. The van der Waals surface area contributed by atoms with Crippen LogP contribution in [0.2, 0.25) is 5.02 Å². The highest BCUT2D eigenvalue weighted by molar-refractivity contribution is 6.30. The molecule has 1 aromatic rings. The lowest BCUT2D eigenvalue weighted by Gasteiger charge is -2.27. The van der Waals surface area contributed by atoms with Crippen LogP contribution in [-0.4, -0.2) is 35.7 Å². The van der Waals surface area contributed by atoms with Crippen LogP contribution in [0, 0.1) is 0 Å². The van der Waals surface area contributed by atoms with E-state index >= 15 is 0 Å². The molecule has 1 aliphatic heterocycles. The SMILES string of the molecule is OC(/C=C/c1ccc(Cl)cc1)CN1CCCCC1. The van der Waals surface area contributed by atoms with Crippen molar-refractivity contribution >= 4 is 17.7 Å². The van der Waals surface area contributed by atoms with E-state index < -0.39 is 6.10 Å². The van der Waals surface area contributed by atoms with Crippen molar-refractivity contribution in [1.29, 1.82) is 0 Å². The quantitative estimate of drug-likeness (QED) is 0.904. The minimum atomic E-state index is -0.390. The van der Waals surface area contributed by atoms with Crippen LogP contribution in [0.3, 0.4) is 0 Å². The molecular weight excluding hydrogens is 246 g/mol. The van der Waals surface area contributed by atoms with Gasteiger partial charge in [0.05, 0.1) is 6.10 Å². The van der Waals surface area contributed by atoms with E-state index in [4.69, 9.17) is 11.6 Å². The Morgan fingerprint density at radius 2 is 1.83 bits per heavy atom. The van der Waals surface area contributed by atoms with E-state index in [1.54, 1.807) is 0 Å². The lowest BCUT2D eigenvalue weighted by atomic mass is 10.1. The monoisotopic (exact) mass is 265 g/mol. The number of likely N-dealkylation sites (tertiary alicyclic amines) is 1. The summed E-state index contributed by atoms with van der Waals surface area (Å²) in [5, 5.41) is 10.7. The van der Waals surface area contributed by atoms with Gasteiger partial charge in [0.15, 0.2) is 0 Å². The van der Waals surface area contributed by atoms with Crippen LogP contribution >= 0.6 is 11.6 Å². The number of rotatable bonds is 4. The maximum atomic E-state index is 9.96. The van der Waals surface area contributed by atoms with Crippen molar-refractivity contribution in [3.8, 4) is 0 Å². The Labute approximate surface area is 114 Å². The van der Waals surface area contributed by atoms with Crippen LogP contribution in [0.5, 0.6) is 0 Å². The Morgan fingerprint density at radius 1 is 1.17 bits per heavy atom. The van der Waals surface area contributed by atoms with E-state index in [0.29, 0.717) is 0 Å². The van der Waals surface area contributed by atoms with Crippen molar-refractivity contribution in [3.63, 3.8) is 0 Å². The first-order valence-electron chi connectivity index (χ1n) is 6.58. The number of nitrogens with zero attached hydrogens (tertiary/aromatic N) is 1. The zero-order valence-corrected chi connectivity index (χ0v) is 11.3. The summed E-state index contributed by atoms with van der Waals surface area (Å²) in [5.74, 6) is 0. The van der Waals surface area contributed by atoms with Gasteiger partial charge in [-0.2, -0.15) is 0 Å². The molecule has 1 heterocycles. The number of aliphatic hydroxyl groups is 1. The van der Waals surface area contributed by atoms with Gasteiger partial charge in [0.2, 0.25) is 0 Å². The molecule has 1 aliphatic rings. The van der Waals surface area contributed by atoms with Crippen LogP contribution in [0.15, 0.2) is 30.3 Å². The van der Waals surface area contributed by atoms with Gasteiger partial charge in [-0.25, -0.2) is 0 Å². The molecule has 2 rings (SSSR count). The Morgan fingerprint density at radius 3 is 2.50 bits per heavy atom. The van der Waals surface area contributed by atoms with E-state index in [1.807, 2.05) is 36.4 Å².